The van der Waals surface area contributed by atoms with Gasteiger partial charge in [-0.25, -0.2) is 0 Å². The smallest absolute Gasteiger partial charge is 0.316 e. The summed E-state index contributed by atoms with van der Waals surface area (Å²) in [5, 5.41) is 10.7. The van der Waals surface area contributed by atoms with Crippen LogP contribution in [0.5, 0.6) is 0 Å². The Balaban J connectivity index is 1.64. The third-order valence-electron chi connectivity index (χ3n) is 3.66. The predicted molar refractivity (Wildman–Crippen MR) is 103 cm³/mol. The van der Waals surface area contributed by atoms with Crippen LogP contribution in [0, 0.1) is 0 Å². The van der Waals surface area contributed by atoms with E-state index in [0.29, 0.717) is 16.6 Å². The minimum Gasteiger partial charge on any atom is -0.465 e. The van der Waals surface area contributed by atoms with E-state index in [1.54, 1.807) is 25.1 Å². The highest BCUT2D eigenvalue weighted by atomic mass is 32.2. The molecule has 11 heteroatoms. The van der Waals surface area contributed by atoms with Crippen LogP contribution in [-0.4, -0.2) is 46.2 Å². The summed E-state index contributed by atoms with van der Waals surface area (Å²) in [5.41, 5.74) is 0.643. The highest BCUT2D eigenvalue weighted by Crippen LogP contribution is 2.27. The molecule has 0 radical (unpaired) electrons. The maximum absolute atomic E-state index is 12.5. The summed E-state index contributed by atoms with van der Waals surface area (Å²) in [5.74, 6) is -1.25. The number of nitrogens with one attached hydrogen (secondary N) is 1. The first-order valence-electron chi connectivity index (χ1n) is 8.37. The molecule has 3 rings (SSSR count). The molecule has 0 saturated carbocycles. The molecule has 2 heterocycles. The average Bonchev–Trinajstić information content (AvgIpc) is 3.26. The molecule has 2 aromatic rings. The van der Waals surface area contributed by atoms with Crippen LogP contribution in [0.15, 0.2) is 28.6 Å². The average molecular weight is 420 g/mol. The molecule has 1 saturated heterocycles. The van der Waals surface area contributed by atoms with Gasteiger partial charge in [-0.1, -0.05) is 29.2 Å². The van der Waals surface area contributed by atoms with Gasteiger partial charge in [0.05, 0.1) is 18.0 Å². The van der Waals surface area contributed by atoms with E-state index in [1.807, 2.05) is 0 Å². The van der Waals surface area contributed by atoms with Crippen molar-refractivity contribution in [3.8, 4) is 0 Å². The molecule has 3 amide bonds. The van der Waals surface area contributed by atoms with Gasteiger partial charge in [0.2, 0.25) is 16.9 Å². The number of amides is 3. The van der Waals surface area contributed by atoms with Gasteiger partial charge in [-0.3, -0.25) is 29.4 Å². The number of hydrogen-bond acceptors (Lipinski definition) is 9. The maximum atomic E-state index is 12.5. The fraction of sp³-hybridized carbons (Fsp3) is 0.294. The summed E-state index contributed by atoms with van der Waals surface area (Å²) in [4.78, 5) is 48.6. The van der Waals surface area contributed by atoms with Gasteiger partial charge in [0.25, 0.3) is 5.91 Å². The van der Waals surface area contributed by atoms with Gasteiger partial charge in [0.1, 0.15) is 0 Å². The lowest BCUT2D eigenvalue weighted by atomic mass is 10.2. The number of carbonyl (C=O) groups is 4. The lowest BCUT2D eigenvalue weighted by molar-refractivity contribution is -0.139. The topological polar surface area (TPSA) is 119 Å². The Hall–Kier alpha value is -2.79. The second-order valence-corrected chi connectivity index (χ2v) is 7.79. The summed E-state index contributed by atoms with van der Waals surface area (Å²) < 4.78 is 5.36. The Morgan fingerprint density at radius 2 is 2.00 bits per heavy atom. The molecule has 0 bridgehead atoms. The number of thioether (sulfide) groups is 1. The van der Waals surface area contributed by atoms with Gasteiger partial charge < -0.3 is 4.74 Å². The first kappa shape index (κ1) is 20.0. The Kier molecular flexibility index (Phi) is 6.37. The molecule has 1 fully saturated rings. The van der Waals surface area contributed by atoms with E-state index in [0.717, 1.165) is 16.2 Å². The summed E-state index contributed by atoms with van der Waals surface area (Å²) in [7, 11) is 0. The van der Waals surface area contributed by atoms with Crippen LogP contribution in [0.4, 0.5) is 10.8 Å². The van der Waals surface area contributed by atoms with Crippen molar-refractivity contribution >= 4 is 57.6 Å². The Bertz CT molecular complexity index is 914. The molecule has 9 nitrogen and oxygen atoms in total. The highest BCUT2D eigenvalue weighted by Gasteiger charge is 2.30. The quantitative estimate of drug-likeness (QED) is 0.313. The summed E-state index contributed by atoms with van der Waals surface area (Å²) >= 11 is 2.30. The SMILES string of the molecule is CCOC(=O)CSc1nnc(NC(=O)c2cccc(N3C(=O)CCC3=O)c2)s1. The van der Waals surface area contributed by atoms with Crippen LogP contribution in [0.3, 0.4) is 0 Å². The minimum absolute atomic E-state index is 0.107. The van der Waals surface area contributed by atoms with E-state index in [2.05, 4.69) is 15.5 Å². The second kappa shape index (κ2) is 8.93. The minimum atomic E-state index is -0.445. The fourth-order valence-corrected chi connectivity index (χ4v) is 4.01. The van der Waals surface area contributed by atoms with E-state index >= 15 is 0 Å². The normalized spacial score (nSPS) is 13.7. The number of carbonyl (C=O) groups excluding carboxylic acids is 4. The Morgan fingerprint density at radius 3 is 2.71 bits per heavy atom. The summed E-state index contributed by atoms with van der Waals surface area (Å²) in [6.07, 6.45) is 0.346. The lowest BCUT2D eigenvalue weighted by Crippen LogP contribution is -2.28. The van der Waals surface area contributed by atoms with Gasteiger partial charge in [-0.2, -0.15) is 0 Å². The molecule has 1 aromatic heterocycles. The molecular formula is C17H16N4O5S2. The largest absolute Gasteiger partial charge is 0.465 e. The molecule has 1 N–H and O–H groups in total. The van der Waals surface area contributed by atoms with Crippen LogP contribution < -0.4 is 10.2 Å². The van der Waals surface area contributed by atoms with E-state index in [1.165, 1.54) is 17.8 Å². The van der Waals surface area contributed by atoms with Crippen LogP contribution in [-0.2, 0) is 19.1 Å². The van der Waals surface area contributed by atoms with Gasteiger partial charge in [0.15, 0.2) is 4.34 Å². The summed E-state index contributed by atoms with van der Waals surface area (Å²) in [6, 6.07) is 6.26. The van der Waals surface area contributed by atoms with Crippen molar-refractivity contribution in [2.75, 3.05) is 22.6 Å². The molecule has 146 valence electrons. The van der Waals surface area contributed by atoms with Crippen molar-refractivity contribution in [2.45, 2.75) is 24.1 Å². The van der Waals surface area contributed by atoms with Gasteiger partial charge in [-0.05, 0) is 25.1 Å². The summed E-state index contributed by atoms with van der Waals surface area (Å²) in [6.45, 7) is 2.04. The van der Waals surface area contributed by atoms with Crippen molar-refractivity contribution in [1.29, 1.82) is 0 Å². The number of ether oxygens (including phenoxy) is 1. The molecular weight excluding hydrogens is 404 g/mol. The van der Waals surface area contributed by atoms with Crippen LogP contribution in [0.2, 0.25) is 0 Å². The molecule has 0 unspecified atom stereocenters. The van der Waals surface area contributed by atoms with Crippen molar-refractivity contribution < 1.29 is 23.9 Å². The van der Waals surface area contributed by atoms with Gasteiger partial charge in [0, 0.05) is 18.4 Å². The van der Waals surface area contributed by atoms with Crippen LogP contribution >= 0.6 is 23.1 Å². The van der Waals surface area contributed by atoms with Crippen molar-refractivity contribution in [1.82, 2.24) is 10.2 Å². The van der Waals surface area contributed by atoms with Crippen LogP contribution in [0.1, 0.15) is 30.1 Å². The fourth-order valence-electron chi connectivity index (χ4n) is 2.46. The maximum Gasteiger partial charge on any atom is 0.316 e. The lowest BCUT2D eigenvalue weighted by Gasteiger charge is -2.14. The van der Waals surface area contributed by atoms with E-state index in [-0.39, 0.29) is 47.1 Å². The molecule has 0 aliphatic carbocycles. The van der Waals surface area contributed by atoms with Crippen molar-refractivity contribution in [3.05, 3.63) is 29.8 Å². The predicted octanol–water partition coefficient (Wildman–Crippen LogP) is 2.10. The highest BCUT2D eigenvalue weighted by molar-refractivity contribution is 8.01. The van der Waals surface area contributed by atoms with Gasteiger partial charge >= 0.3 is 5.97 Å². The third kappa shape index (κ3) is 4.73. The number of hydrogen-bond donors (Lipinski definition) is 1. The number of nitrogens with zero attached hydrogens (tertiary/aromatic N) is 3. The number of esters is 1. The Morgan fingerprint density at radius 1 is 1.25 bits per heavy atom. The second-order valence-electron chi connectivity index (χ2n) is 5.59. The Labute approximate surface area is 168 Å². The number of aromatic nitrogens is 2. The third-order valence-corrected chi connectivity index (χ3v) is 5.61. The standard InChI is InChI=1S/C17H16N4O5S2/c1-2-26-14(24)9-27-17-20-19-16(28-17)18-15(25)10-4-3-5-11(8-10)21-12(22)6-7-13(21)23/h3-5,8H,2,6-7,9H2,1H3,(H,18,19,25). The van der Waals surface area contributed by atoms with Crippen LogP contribution in [0.25, 0.3) is 0 Å². The molecule has 28 heavy (non-hydrogen) atoms. The number of anilines is 2. The van der Waals surface area contributed by atoms with Gasteiger partial charge in [-0.15, -0.1) is 10.2 Å². The molecule has 1 aromatic carbocycles. The molecule has 1 aliphatic rings. The monoisotopic (exact) mass is 420 g/mol. The number of rotatable bonds is 7. The first-order valence-corrected chi connectivity index (χ1v) is 10.2. The van der Waals surface area contributed by atoms with E-state index in [4.69, 9.17) is 4.74 Å². The van der Waals surface area contributed by atoms with E-state index < -0.39 is 5.91 Å². The molecule has 0 spiro atoms. The molecule has 0 atom stereocenters. The van der Waals surface area contributed by atoms with E-state index in [9.17, 15) is 19.2 Å². The zero-order chi connectivity index (χ0) is 20.1. The molecule has 1 aliphatic heterocycles. The number of imide groups is 1. The van der Waals surface area contributed by atoms with Crippen molar-refractivity contribution in [2.24, 2.45) is 0 Å². The number of benzene rings is 1. The zero-order valence-corrected chi connectivity index (χ0v) is 16.5. The van der Waals surface area contributed by atoms with Crippen molar-refractivity contribution in [3.63, 3.8) is 0 Å². The first-order chi connectivity index (χ1) is 13.5. The zero-order valence-electron chi connectivity index (χ0n) is 14.8.